The molecule has 0 saturated carbocycles. The highest BCUT2D eigenvalue weighted by Crippen LogP contribution is 2.13. The molecule has 1 atom stereocenters. The van der Waals surface area contributed by atoms with Crippen molar-refractivity contribution in [1.29, 1.82) is 0 Å². The molecule has 1 saturated heterocycles. The van der Waals surface area contributed by atoms with Crippen LogP contribution in [-0.2, 0) is 9.59 Å². The topological polar surface area (TPSA) is 49.4 Å². The minimum Gasteiger partial charge on any atom is -0.315 e. The Bertz CT molecular complexity index is 212. The van der Waals surface area contributed by atoms with Gasteiger partial charge in [-0.1, -0.05) is 13.3 Å². The summed E-state index contributed by atoms with van der Waals surface area (Å²) in [6, 6.07) is 0.242. The van der Waals surface area contributed by atoms with E-state index in [2.05, 4.69) is 12.2 Å². The van der Waals surface area contributed by atoms with E-state index >= 15 is 0 Å². The number of carbonyl (C=O) groups excluding carboxylic acids is 2. The van der Waals surface area contributed by atoms with Gasteiger partial charge in [0.2, 0.25) is 11.8 Å². The van der Waals surface area contributed by atoms with Crippen LogP contribution in [0.2, 0.25) is 0 Å². The van der Waals surface area contributed by atoms with Gasteiger partial charge in [-0.2, -0.15) is 0 Å². The zero-order chi connectivity index (χ0) is 10.6. The van der Waals surface area contributed by atoms with Gasteiger partial charge in [-0.25, -0.2) is 0 Å². The quantitative estimate of drug-likeness (QED) is 0.655. The molecule has 4 nitrogen and oxygen atoms in total. The second-order valence-corrected chi connectivity index (χ2v) is 3.67. The molecule has 0 spiro atoms. The van der Waals surface area contributed by atoms with Crippen molar-refractivity contribution in [3.8, 4) is 0 Å². The van der Waals surface area contributed by atoms with Crippen LogP contribution < -0.4 is 5.32 Å². The molecule has 14 heavy (non-hydrogen) atoms. The van der Waals surface area contributed by atoms with Crippen LogP contribution in [0.5, 0.6) is 0 Å². The van der Waals surface area contributed by atoms with Crippen molar-refractivity contribution in [2.45, 2.75) is 38.6 Å². The highest BCUT2D eigenvalue weighted by molar-refractivity contribution is 6.01. The Kier molecular flexibility index (Phi) is 4.07. The summed E-state index contributed by atoms with van der Waals surface area (Å²) in [5.74, 6) is -0.0438. The fourth-order valence-corrected chi connectivity index (χ4v) is 1.72. The summed E-state index contributed by atoms with van der Waals surface area (Å²) in [5.41, 5.74) is 0. The number of nitrogens with one attached hydrogen (secondary N) is 1. The van der Waals surface area contributed by atoms with Gasteiger partial charge in [0, 0.05) is 25.4 Å². The summed E-state index contributed by atoms with van der Waals surface area (Å²) in [4.78, 5) is 24.0. The van der Waals surface area contributed by atoms with Gasteiger partial charge in [-0.15, -0.1) is 0 Å². The maximum Gasteiger partial charge on any atom is 0.229 e. The summed E-state index contributed by atoms with van der Waals surface area (Å²) >= 11 is 0. The lowest BCUT2D eigenvalue weighted by atomic mass is 10.1. The molecule has 1 heterocycles. The van der Waals surface area contributed by atoms with Gasteiger partial charge in [0.1, 0.15) is 0 Å². The maximum atomic E-state index is 11.3. The van der Waals surface area contributed by atoms with Crippen molar-refractivity contribution >= 4 is 11.8 Å². The van der Waals surface area contributed by atoms with Crippen molar-refractivity contribution < 1.29 is 9.59 Å². The van der Waals surface area contributed by atoms with Crippen molar-refractivity contribution in [3.63, 3.8) is 0 Å². The van der Waals surface area contributed by atoms with Gasteiger partial charge in [-0.05, 0) is 13.5 Å². The summed E-state index contributed by atoms with van der Waals surface area (Å²) in [6.07, 6.45) is 2.83. The Hall–Kier alpha value is -0.900. The van der Waals surface area contributed by atoms with Crippen LogP contribution in [0.25, 0.3) is 0 Å². The molecule has 0 aromatic heterocycles. The number of rotatable bonds is 5. The summed E-state index contributed by atoms with van der Waals surface area (Å²) < 4.78 is 0. The number of nitrogens with zero attached hydrogens (tertiary/aromatic N) is 1. The minimum atomic E-state index is -0.0219. The van der Waals surface area contributed by atoms with E-state index in [-0.39, 0.29) is 17.9 Å². The van der Waals surface area contributed by atoms with E-state index in [0.29, 0.717) is 19.4 Å². The third-order valence-corrected chi connectivity index (χ3v) is 2.60. The number of hydrogen-bond acceptors (Lipinski definition) is 3. The van der Waals surface area contributed by atoms with Crippen LogP contribution in [0, 0.1) is 0 Å². The molecule has 1 aliphatic rings. The highest BCUT2D eigenvalue weighted by Gasteiger charge is 2.30. The molecule has 1 rings (SSSR count). The first-order valence-corrected chi connectivity index (χ1v) is 5.19. The van der Waals surface area contributed by atoms with Gasteiger partial charge in [-0.3, -0.25) is 14.5 Å². The Morgan fingerprint density at radius 3 is 2.36 bits per heavy atom. The smallest absolute Gasteiger partial charge is 0.229 e. The van der Waals surface area contributed by atoms with Crippen LogP contribution in [0.4, 0.5) is 0 Å². The molecular formula is C10H18N2O2. The first-order chi connectivity index (χ1) is 6.69. The van der Waals surface area contributed by atoms with E-state index < -0.39 is 0 Å². The average Bonchev–Trinajstić information content (AvgIpc) is 2.48. The molecule has 4 heteroatoms. The lowest BCUT2D eigenvalue weighted by molar-refractivity contribution is -0.138. The molecule has 2 amide bonds. The Balaban J connectivity index is 2.48. The van der Waals surface area contributed by atoms with Gasteiger partial charge < -0.3 is 5.32 Å². The maximum absolute atomic E-state index is 11.3. The Morgan fingerprint density at radius 1 is 1.36 bits per heavy atom. The van der Waals surface area contributed by atoms with Crippen LogP contribution in [0.15, 0.2) is 0 Å². The van der Waals surface area contributed by atoms with Crippen LogP contribution in [0.1, 0.15) is 32.6 Å². The lowest BCUT2D eigenvalue weighted by Gasteiger charge is -2.21. The molecule has 0 aromatic rings. The van der Waals surface area contributed by atoms with Crippen molar-refractivity contribution in [2.24, 2.45) is 0 Å². The number of amides is 2. The first-order valence-electron chi connectivity index (χ1n) is 5.19. The van der Waals surface area contributed by atoms with Gasteiger partial charge in [0.05, 0.1) is 0 Å². The third-order valence-electron chi connectivity index (χ3n) is 2.60. The Morgan fingerprint density at radius 2 is 1.93 bits per heavy atom. The SMILES string of the molecule is CCCC(CN1C(=O)CCC1=O)NC. The molecule has 80 valence electrons. The predicted molar refractivity (Wildman–Crippen MR) is 53.7 cm³/mol. The monoisotopic (exact) mass is 198 g/mol. The van der Waals surface area contributed by atoms with Crippen molar-refractivity contribution in [1.82, 2.24) is 10.2 Å². The van der Waals surface area contributed by atoms with E-state index in [1.165, 1.54) is 4.90 Å². The zero-order valence-electron chi connectivity index (χ0n) is 8.88. The number of likely N-dealkylation sites (N-methyl/N-ethyl adjacent to an activating group) is 1. The summed E-state index contributed by atoms with van der Waals surface area (Å²) in [5, 5.41) is 3.12. The Labute approximate surface area is 84.7 Å². The van der Waals surface area contributed by atoms with Gasteiger partial charge in [0.15, 0.2) is 0 Å². The number of likely N-dealkylation sites (tertiary alicyclic amines) is 1. The second-order valence-electron chi connectivity index (χ2n) is 3.67. The van der Waals surface area contributed by atoms with E-state index in [1.54, 1.807) is 0 Å². The molecule has 0 aliphatic carbocycles. The van der Waals surface area contributed by atoms with Gasteiger partial charge in [0.25, 0.3) is 0 Å². The average molecular weight is 198 g/mol. The minimum absolute atomic E-state index is 0.0219. The van der Waals surface area contributed by atoms with E-state index in [4.69, 9.17) is 0 Å². The summed E-state index contributed by atoms with van der Waals surface area (Å²) in [7, 11) is 1.87. The largest absolute Gasteiger partial charge is 0.315 e. The highest BCUT2D eigenvalue weighted by atomic mass is 16.2. The van der Waals surface area contributed by atoms with Crippen LogP contribution >= 0.6 is 0 Å². The fraction of sp³-hybridized carbons (Fsp3) is 0.800. The van der Waals surface area contributed by atoms with E-state index in [0.717, 1.165) is 12.8 Å². The number of hydrogen-bond donors (Lipinski definition) is 1. The standard InChI is InChI=1S/C10H18N2O2/c1-3-4-8(11-2)7-12-9(13)5-6-10(12)14/h8,11H,3-7H2,1-2H3. The van der Waals surface area contributed by atoms with E-state index in [9.17, 15) is 9.59 Å². The van der Waals surface area contributed by atoms with Gasteiger partial charge >= 0.3 is 0 Å². The molecule has 0 bridgehead atoms. The fourth-order valence-electron chi connectivity index (χ4n) is 1.72. The summed E-state index contributed by atoms with van der Waals surface area (Å²) in [6.45, 7) is 2.62. The molecule has 1 fully saturated rings. The molecule has 1 aliphatic heterocycles. The molecule has 0 radical (unpaired) electrons. The third kappa shape index (κ3) is 2.54. The van der Waals surface area contributed by atoms with Crippen LogP contribution in [0.3, 0.4) is 0 Å². The van der Waals surface area contributed by atoms with Crippen molar-refractivity contribution in [3.05, 3.63) is 0 Å². The second kappa shape index (κ2) is 5.10. The van der Waals surface area contributed by atoms with Crippen molar-refractivity contribution in [2.75, 3.05) is 13.6 Å². The zero-order valence-corrected chi connectivity index (χ0v) is 8.88. The molecule has 1 unspecified atom stereocenters. The normalized spacial score (nSPS) is 19.1. The lowest BCUT2D eigenvalue weighted by Crippen LogP contribution is -2.41. The van der Waals surface area contributed by atoms with Crippen LogP contribution in [-0.4, -0.2) is 36.3 Å². The molecule has 1 N–H and O–H groups in total. The number of imide groups is 1. The number of carbonyl (C=O) groups is 2. The van der Waals surface area contributed by atoms with E-state index in [1.807, 2.05) is 7.05 Å². The molecule has 0 aromatic carbocycles. The first kappa shape index (κ1) is 11.2. The predicted octanol–water partition coefficient (Wildman–Crippen LogP) is 0.523. The molecular weight excluding hydrogens is 180 g/mol.